The van der Waals surface area contributed by atoms with Gasteiger partial charge in [0.05, 0.1) is 11.8 Å². The molecule has 0 radical (unpaired) electrons. The molecule has 0 spiro atoms. The minimum Gasteiger partial charge on any atom is -0.425 e. The van der Waals surface area contributed by atoms with Crippen LogP contribution in [-0.2, 0) is 23.9 Å². The van der Waals surface area contributed by atoms with Crippen molar-refractivity contribution in [2.75, 3.05) is 0 Å². The van der Waals surface area contributed by atoms with Crippen LogP contribution in [0, 0.1) is 0 Å². The molecule has 0 N–H and O–H groups in total. The lowest BCUT2D eigenvalue weighted by Crippen LogP contribution is -2.57. The second-order valence-electron chi connectivity index (χ2n) is 5.83. The van der Waals surface area contributed by atoms with Gasteiger partial charge in [0.25, 0.3) is 0 Å². The molecule has 0 aliphatic carbocycles. The molecule has 3 atom stereocenters. The summed E-state index contributed by atoms with van der Waals surface area (Å²) in [5.41, 5.74) is 0. The number of esters is 2. The number of ether oxygens (including phenoxy) is 2. The Morgan fingerprint density at radius 2 is 2.10 bits per heavy atom. The standard InChI is InChI=1S/C14H21NO5S/c1-5-6-11(17)19-8(2)20-13(18)12-14(3,4)21-10-7-9(16)15(10)12/h8,10,12H,5-7H2,1-4H3/t8?,10-,12+/m1/s1. The van der Waals surface area contributed by atoms with Crippen LogP contribution >= 0.6 is 11.8 Å². The largest absolute Gasteiger partial charge is 0.425 e. The predicted octanol–water partition coefficient (Wildman–Crippen LogP) is 1.67. The molecule has 0 aromatic rings. The first kappa shape index (κ1) is 16.1. The van der Waals surface area contributed by atoms with Crippen LogP contribution in [0.5, 0.6) is 0 Å². The Balaban J connectivity index is 1.96. The number of fused-ring (bicyclic) bond motifs is 1. The van der Waals surface area contributed by atoms with Crippen molar-refractivity contribution in [3.63, 3.8) is 0 Å². The van der Waals surface area contributed by atoms with Gasteiger partial charge in [0, 0.05) is 18.1 Å². The molecule has 6 nitrogen and oxygen atoms in total. The van der Waals surface area contributed by atoms with Crippen molar-refractivity contribution in [2.45, 2.75) is 69.4 Å². The topological polar surface area (TPSA) is 72.9 Å². The Bertz CT molecular complexity index is 464. The first-order valence-corrected chi connectivity index (χ1v) is 8.03. The highest BCUT2D eigenvalue weighted by Gasteiger charge is 2.59. The summed E-state index contributed by atoms with van der Waals surface area (Å²) in [6, 6.07) is -0.624. The lowest BCUT2D eigenvalue weighted by Gasteiger charge is -2.37. The van der Waals surface area contributed by atoms with Crippen molar-refractivity contribution in [1.29, 1.82) is 0 Å². The van der Waals surface area contributed by atoms with Gasteiger partial charge in [0.15, 0.2) is 0 Å². The fraction of sp³-hybridized carbons (Fsp3) is 0.786. The lowest BCUT2D eigenvalue weighted by atomic mass is 9.98. The van der Waals surface area contributed by atoms with E-state index in [4.69, 9.17) is 9.47 Å². The fourth-order valence-corrected chi connectivity index (χ4v) is 4.28. The van der Waals surface area contributed by atoms with Crippen LogP contribution in [0.2, 0.25) is 0 Å². The Kier molecular flexibility index (Phi) is 4.51. The molecule has 2 aliphatic heterocycles. The van der Waals surface area contributed by atoms with Crippen LogP contribution in [0.25, 0.3) is 0 Å². The Labute approximate surface area is 128 Å². The first-order valence-electron chi connectivity index (χ1n) is 7.15. The molecule has 2 heterocycles. The SMILES string of the molecule is CCCC(=O)OC(C)OC(=O)[C@@H]1N2C(=O)C[C@H]2SC1(C)C. The van der Waals surface area contributed by atoms with E-state index in [0.29, 0.717) is 19.3 Å². The molecular formula is C14H21NO5S. The number of carbonyl (C=O) groups excluding carboxylic acids is 3. The van der Waals surface area contributed by atoms with Gasteiger partial charge in [-0.2, -0.15) is 0 Å². The van der Waals surface area contributed by atoms with Crippen molar-refractivity contribution >= 4 is 29.6 Å². The molecule has 118 valence electrons. The maximum Gasteiger partial charge on any atom is 0.333 e. The number of hydrogen-bond acceptors (Lipinski definition) is 6. The number of nitrogens with zero attached hydrogens (tertiary/aromatic N) is 1. The number of thioether (sulfide) groups is 1. The van der Waals surface area contributed by atoms with E-state index in [1.54, 1.807) is 16.7 Å². The van der Waals surface area contributed by atoms with Gasteiger partial charge in [-0.25, -0.2) is 4.79 Å². The van der Waals surface area contributed by atoms with Gasteiger partial charge in [-0.3, -0.25) is 9.59 Å². The van der Waals surface area contributed by atoms with Gasteiger partial charge in [0.1, 0.15) is 6.04 Å². The molecule has 0 bridgehead atoms. The van der Waals surface area contributed by atoms with E-state index in [-0.39, 0.29) is 11.3 Å². The summed E-state index contributed by atoms with van der Waals surface area (Å²) < 4.78 is 9.80. The van der Waals surface area contributed by atoms with E-state index in [0.717, 1.165) is 0 Å². The van der Waals surface area contributed by atoms with E-state index >= 15 is 0 Å². The quantitative estimate of drug-likeness (QED) is 0.436. The van der Waals surface area contributed by atoms with Gasteiger partial charge >= 0.3 is 11.9 Å². The highest BCUT2D eigenvalue weighted by atomic mass is 32.2. The molecule has 2 rings (SSSR count). The summed E-state index contributed by atoms with van der Waals surface area (Å²) in [4.78, 5) is 37.0. The molecule has 7 heteroatoms. The van der Waals surface area contributed by atoms with Gasteiger partial charge in [0.2, 0.25) is 12.2 Å². The Hall–Kier alpha value is -1.24. The van der Waals surface area contributed by atoms with Gasteiger partial charge in [-0.05, 0) is 20.3 Å². The molecule has 2 aliphatic rings. The van der Waals surface area contributed by atoms with Crippen LogP contribution < -0.4 is 0 Å². The molecule has 0 aromatic heterocycles. The summed E-state index contributed by atoms with van der Waals surface area (Å²) >= 11 is 1.60. The molecule has 21 heavy (non-hydrogen) atoms. The second kappa shape index (κ2) is 5.87. The van der Waals surface area contributed by atoms with Crippen molar-refractivity contribution in [3.05, 3.63) is 0 Å². The third kappa shape index (κ3) is 3.17. The monoisotopic (exact) mass is 315 g/mol. The minimum absolute atomic E-state index is 0.0318. The number of carbonyl (C=O) groups is 3. The van der Waals surface area contributed by atoms with E-state index in [2.05, 4.69) is 0 Å². The molecule has 2 saturated heterocycles. The molecular weight excluding hydrogens is 294 g/mol. The van der Waals surface area contributed by atoms with Crippen molar-refractivity contribution in [2.24, 2.45) is 0 Å². The summed E-state index contributed by atoms with van der Waals surface area (Å²) in [5.74, 6) is -0.939. The highest BCUT2D eigenvalue weighted by molar-refractivity contribution is 8.01. The van der Waals surface area contributed by atoms with Crippen LogP contribution in [0.15, 0.2) is 0 Å². The smallest absolute Gasteiger partial charge is 0.333 e. The molecule has 0 saturated carbocycles. The summed E-state index contributed by atoms with van der Waals surface area (Å²) in [7, 11) is 0. The van der Waals surface area contributed by atoms with Crippen molar-refractivity contribution < 1.29 is 23.9 Å². The first-order chi connectivity index (χ1) is 9.76. The zero-order valence-electron chi connectivity index (χ0n) is 12.8. The maximum atomic E-state index is 12.3. The van der Waals surface area contributed by atoms with Gasteiger partial charge < -0.3 is 14.4 Å². The normalized spacial score (nSPS) is 27.6. The molecule has 1 unspecified atom stereocenters. The predicted molar refractivity (Wildman–Crippen MR) is 77.3 cm³/mol. The summed E-state index contributed by atoms with van der Waals surface area (Å²) in [6.07, 6.45) is 0.501. The third-order valence-electron chi connectivity index (χ3n) is 3.58. The lowest BCUT2D eigenvalue weighted by molar-refractivity contribution is -0.191. The van der Waals surface area contributed by atoms with E-state index in [1.807, 2.05) is 20.8 Å². The van der Waals surface area contributed by atoms with Crippen molar-refractivity contribution in [1.82, 2.24) is 4.90 Å². The van der Waals surface area contributed by atoms with E-state index < -0.39 is 29.0 Å². The van der Waals surface area contributed by atoms with Gasteiger partial charge in [-0.15, -0.1) is 11.8 Å². The molecule has 2 fully saturated rings. The fourth-order valence-electron chi connectivity index (χ4n) is 2.66. The number of rotatable bonds is 5. The second-order valence-corrected chi connectivity index (χ2v) is 7.66. The van der Waals surface area contributed by atoms with Crippen LogP contribution in [0.1, 0.15) is 47.0 Å². The van der Waals surface area contributed by atoms with Crippen LogP contribution in [0.3, 0.4) is 0 Å². The number of hydrogen-bond donors (Lipinski definition) is 0. The van der Waals surface area contributed by atoms with Crippen LogP contribution in [-0.4, -0.2) is 45.2 Å². The number of amides is 1. The minimum atomic E-state index is -0.937. The summed E-state index contributed by atoms with van der Waals surface area (Å²) in [6.45, 7) is 7.22. The zero-order chi connectivity index (χ0) is 15.8. The van der Waals surface area contributed by atoms with Gasteiger partial charge in [-0.1, -0.05) is 6.92 Å². The zero-order valence-corrected chi connectivity index (χ0v) is 13.6. The summed E-state index contributed by atoms with van der Waals surface area (Å²) in [5, 5.41) is 0.0583. The molecule has 1 amide bonds. The van der Waals surface area contributed by atoms with E-state index in [9.17, 15) is 14.4 Å². The Morgan fingerprint density at radius 1 is 1.43 bits per heavy atom. The van der Waals surface area contributed by atoms with Crippen LogP contribution in [0.4, 0.5) is 0 Å². The maximum absolute atomic E-state index is 12.3. The third-order valence-corrected chi connectivity index (χ3v) is 5.08. The molecule has 0 aromatic carbocycles. The van der Waals surface area contributed by atoms with E-state index in [1.165, 1.54) is 6.92 Å². The average Bonchev–Trinajstić information content (AvgIpc) is 2.55. The number of β-lactam (4-membered cyclic amide) rings is 1. The Morgan fingerprint density at radius 3 is 2.67 bits per heavy atom. The highest BCUT2D eigenvalue weighted by Crippen LogP contribution is 2.50. The van der Waals surface area contributed by atoms with Crippen molar-refractivity contribution in [3.8, 4) is 0 Å². The average molecular weight is 315 g/mol.